The molecule has 3 aromatic heterocycles. The number of thioether (sulfide) groups is 1. The number of hydrogen-bond donors (Lipinski definition) is 0. The molecule has 25 heavy (non-hydrogen) atoms. The van der Waals surface area contributed by atoms with Gasteiger partial charge in [-0.2, -0.15) is 0 Å². The van der Waals surface area contributed by atoms with Crippen LogP contribution in [0.2, 0.25) is 0 Å². The van der Waals surface area contributed by atoms with Gasteiger partial charge in [0.15, 0.2) is 10.9 Å². The zero-order valence-electron chi connectivity index (χ0n) is 14.9. The number of ketones is 1. The molecule has 7 heteroatoms. The Morgan fingerprint density at radius 1 is 1.36 bits per heavy atom. The third-order valence-electron chi connectivity index (χ3n) is 4.20. The van der Waals surface area contributed by atoms with Crippen LogP contribution in [0.1, 0.15) is 46.5 Å². The Bertz CT molecular complexity index is 862. The molecule has 3 aromatic rings. The molecule has 0 atom stereocenters. The van der Waals surface area contributed by atoms with E-state index in [2.05, 4.69) is 53.0 Å². The van der Waals surface area contributed by atoms with Gasteiger partial charge in [-0.25, -0.2) is 0 Å². The quantitative estimate of drug-likeness (QED) is 0.455. The lowest BCUT2D eigenvalue weighted by atomic mass is 10.2. The van der Waals surface area contributed by atoms with Crippen molar-refractivity contribution in [3.05, 3.63) is 51.7 Å². The summed E-state index contributed by atoms with van der Waals surface area (Å²) in [5.74, 6) is 0.503. The van der Waals surface area contributed by atoms with Crippen molar-refractivity contribution in [2.24, 2.45) is 0 Å². The van der Waals surface area contributed by atoms with Crippen LogP contribution in [0.25, 0.3) is 0 Å². The average molecular weight is 375 g/mol. The molecule has 0 aliphatic carbocycles. The summed E-state index contributed by atoms with van der Waals surface area (Å²) in [6.45, 7) is 9.05. The summed E-state index contributed by atoms with van der Waals surface area (Å²) in [7, 11) is 0. The van der Waals surface area contributed by atoms with Gasteiger partial charge >= 0.3 is 0 Å². The predicted octanol–water partition coefficient (Wildman–Crippen LogP) is 4.36. The third-order valence-corrected chi connectivity index (χ3v) is 6.02. The van der Waals surface area contributed by atoms with Crippen LogP contribution in [-0.2, 0) is 6.54 Å². The summed E-state index contributed by atoms with van der Waals surface area (Å²) >= 11 is 3.18. The molecule has 0 aliphatic heterocycles. The van der Waals surface area contributed by atoms with Gasteiger partial charge in [-0.15, -0.1) is 21.5 Å². The maximum atomic E-state index is 12.7. The van der Waals surface area contributed by atoms with E-state index in [0.29, 0.717) is 5.75 Å². The standard InChI is InChI=1S/C18H22N4OS2/c1-12(2)22-11-19-20-18(22)25-10-17(23)16-8-13(3)21(14(16)4)9-15-6-5-7-24-15/h5-8,11-12H,9-10H2,1-4H3. The van der Waals surface area contributed by atoms with Crippen molar-refractivity contribution < 1.29 is 4.79 Å². The minimum atomic E-state index is 0.133. The smallest absolute Gasteiger partial charge is 0.191 e. The molecule has 0 bridgehead atoms. The minimum Gasteiger partial charge on any atom is -0.343 e. The monoisotopic (exact) mass is 374 g/mol. The van der Waals surface area contributed by atoms with Gasteiger partial charge in [0.05, 0.1) is 12.3 Å². The van der Waals surface area contributed by atoms with E-state index in [1.54, 1.807) is 17.7 Å². The largest absolute Gasteiger partial charge is 0.343 e. The fourth-order valence-corrected chi connectivity index (χ4v) is 4.40. The molecular formula is C18H22N4OS2. The number of aryl methyl sites for hydroxylation is 1. The lowest BCUT2D eigenvalue weighted by Crippen LogP contribution is -2.08. The van der Waals surface area contributed by atoms with Gasteiger partial charge in [0.1, 0.15) is 6.33 Å². The number of nitrogens with zero attached hydrogens (tertiary/aromatic N) is 4. The molecule has 132 valence electrons. The second-order valence-electron chi connectivity index (χ2n) is 6.28. The zero-order valence-corrected chi connectivity index (χ0v) is 16.5. The van der Waals surface area contributed by atoms with Crippen molar-refractivity contribution in [1.29, 1.82) is 0 Å². The van der Waals surface area contributed by atoms with E-state index in [9.17, 15) is 4.79 Å². The van der Waals surface area contributed by atoms with Crippen LogP contribution >= 0.6 is 23.1 Å². The van der Waals surface area contributed by atoms with E-state index in [1.165, 1.54) is 16.6 Å². The van der Waals surface area contributed by atoms with Crippen molar-refractivity contribution in [2.45, 2.75) is 45.4 Å². The number of Topliss-reactive ketones (excluding diaryl/α,β-unsaturated/α-hetero) is 1. The second-order valence-corrected chi connectivity index (χ2v) is 8.25. The molecule has 0 unspecified atom stereocenters. The Morgan fingerprint density at radius 3 is 2.84 bits per heavy atom. The molecule has 0 saturated heterocycles. The fraction of sp³-hybridized carbons (Fsp3) is 0.389. The number of carbonyl (C=O) groups excluding carboxylic acids is 1. The Labute approximate surface area is 156 Å². The van der Waals surface area contributed by atoms with E-state index in [0.717, 1.165) is 28.7 Å². The molecular weight excluding hydrogens is 352 g/mol. The van der Waals surface area contributed by atoms with Gasteiger partial charge < -0.3 is 9.13 Å². The highest BCUT2D eigenvalue weighted by Crippen LogP contribution is 2.23. The molecule has 0 saturated carbocycles. The van der Waals surface area contributed by atoms with Crippen molar-refractivity contribution in [2.75, 3.05) is 5.75 Å². The van der Waals surface area contributed by atoms with Crippen molar-refractivity contribution in [3.8, 4) is 0 Å². The van der Waals surface area contributed by atoms with Crippen LogP contribution in [0.5, 0.6) is 0 Å². The van der Waals surface area contributed by atoms with Gasteiger partial charge in [-0.3, -0.25) is 4.79 Å². The summed E-state index contributed by atoms with van der Waals surface area (Å²) < 4.78 is 4.19. The molecule has 3 rings (SSSR count). The molecule has 0 radical (unpaired) electrons. The lowest BCUT2D eigenvalue weighted by Gasteiger charge is -2.09. The van der Waals surface area contributed by atoms with E-state index in [-0.39, 0.29) is 11.8 Å². The topological polar surface area (TPSA) is 52.7 Å². The highest BCUT2D eigenvalue weighted by molar-refractivity contribution is 7.99. The lowest BCUT2D eigenvalue weighted by molar-refractivity contribution is 0.102. The summed E-state index contributed by atoms with van der Waals surface area (Å²) in [6, 6.07) is 6.46. The average Bonchev–Trinajstić information content (AvgIpc) is 3.29. The van der Waals surface area contributed by atoms with Gasteiger partial charge in [0.25, 0.3) is 0 Å². The van der Waals surface area contributed by atoms with Crippen molar-refractivity contribution >= 4 is 28.9 Å². The van der Waals surface area contributed by atoms with E-state index in [1.807, 2.05) is 17.6 Å². The summed E-state index contributed by atoms with van der Waals surface area (Å²) in [4.78, 5) is 14.0. The third kappa shape index (κ3) is 3.88. The Kier molecular flexibility index (Phi) is 5.44. The molecule has 3 heterocycles. The van der Waals surface area contributed by atoms with E-state index >= 15 is 0 Å². The number of aromatic nitrogens is 4. The van der Waals surface area contributed by atoms with Crippen LogP contribution in [0.3, 0.4) is 0 Å². The van der Waals surface area contributed by atoms with Crippen molar-refractivity contribution in [1.82, 2.24) is 19.3 Å². The van der Waals surface area contributed by atoms with Crippen LogP contribution in [0.15, 0.2) is 35.1 Å². The normalized spacial score (nSPS) is 11.4. The Hall–Kier alpha value is -1.86. The first-order chi connectivity index (χ1) is 12.0. The maximum Gasteiger partial charge on any atom is 0.191 e. The first kappa shape index (κ1) is 17.9. The predicted molar refractivity (Wildman–Crippen MR) is 103 cm³/mol. The van der Waals surface area contributed by atoms with Crippen LogP contribution in [0.4, 0.5) is 0 Å². The first-order valence-electron chi connectivity index (χ1n) is 8.22. The second kappa shape index (κ2) is 7.58. The maximum absolute atomic E-state index is 12.7. The number of rotatable bonds is 7. The van der Waals surface area contributed by atoms with E-state index in [4.69, 9.17) is 0 Å². The van der Waals surface area contributed by atoms with Gasteiger partial charge in [-0.05, 0) is 45.2 Å². The number of thiophene rings is 1. The SMILES string of the molecule is Cc1cc(C(=O)CSc2nncn2C(C)C)c(C)n1Cc1cccs1. The van der Waals surface area contributed by atoms with E-state index < -0.39 is 0 Å². The number of carbonyl (C=O) groups is 1. The molecule has 0 fully saturated rings. The van der Waals surface area contributed by atoms with Crippen LogP contribution in [-0.4, -0.2) is 30.9 Å². The Morgan fingerprint density at radius 2 is 2.16 bits per heavy atom. The molecule has 0 amide bonds. The van der Waals surface area contributed by atoms with Crippen LogP contribution in [0, 0.1) is 13.8 Å². The molecule has 0 N–H and O–H groups in total. The highest BCUT2D eigenvalue weighted by atomic mass is 32.2. The first-order valence-corrected chi connectivity index (χ1v) is 10.1. The van der Waals surface area contributed by atoms with Gasteiger partial charge in [0, 0.05) is 27.9 Å². The number of hydrogen-bond acceptors (Lipinski definition) is 5. The zero-order chi connectivity index (χ0) is 18.0. The summed E-state index contributed by atoms with van der Waals surface area (Å²) in [6.07, 6.45) is 1.71. The molecule has 0 aliphatic rings. The summed E-state index contributed by atoms with van der Waals surface area (Å²) in [5.41, 5.74) is 2.95. The molecule has 0 aromatic carbocycles. The van der Waals surface area contributed by atoms with Crippen molar-refractivity contribution in [3.63, 3.8) is 0 Å². The Balaban J connectivity index is 1.73. The highest BCUT2D eigenvalue weighted by Gasteiger charge is 2.18. The minimum absolute atomic E-state index is 0.133. The summed E-state index contributed by atoms with van der Waals surface area (Å²) in [5, 5.41) is 10.9. The van der Waals surface area contributed by atoms with Gasteiger partial charge in [-0.1, -0.05) is 17.8 Å². The fourth-order valence-electron chi connectivity index (χ4n) is 2.78. The molecule has 0 spiro atoms. The van der Waals surface area contributed by atoms with Crippen LogP contribution < -0.4 is 0 Å². The molecule has 5 nitrogen and oxygen atoms in total. The van der Waals surface area contributed by atoms with Gasteiger partial charge in [0.2, 0.25) is 0 Å².